The number of allylic oxidation sites excluding steroid dienone is 2. The molecule has 0 unspecified atom stereocenters. The molecule has 2 heterocycles. The van der Waals surface area contributed by atoms with Crippen molar-refractivity contribution in [2.45, 2.75) is 48.5 Å². The van der Waals surface area contributed by atoms with Gasteiger partial charge in [-0.05, 0) is 88.4 Å². The van der Waals surface area contributed by atoms with Crippen molar-refractivity contribution in [1.29, 1.82) is 0 Å². The van der Waals surface area contributed by atoms with Crippen molar-refractivity contribution in [3.63, 3.8) is 0 Å². The average molecular weight is 366 g/mol. The first-order chi connectivity index (χ1) is 12.6. The zero-order valence-electron chi connectivity index (χ0n) is 17.0. The van der Waals surface area contributed by atoms with Gasteiger partial charge in [-0.2, -0.15) is 0 Å². The quantitative estimate of drug-likeness (QED) is 0.595. The van der Waals surface area contributed by atoms with Gasteiger partial charge in [0.05, 0.1) is 5.70 Å². The summed E-state index contributed by atoms with van der Waals surface area (Å²) in [5.41, 5.74) is 9.71. The molecule has 0 fully saturated rings. The number of benzene rings is 1. The van der Waals surface area contributed by atoms with Crippen LogP contribution < -0.4 is 0 Å². The highest BCUT2D eigenvalue weighted by Gasteiger charge is 2.30. The Balaban J connectivity index is 2.49. The Bertz CT molecular complexity index is 1000. The Labute approximate surface area is 160 Å². The molecule has 0 N–H and O–H groups in total. The summed E-state index contributed by atoms with van der Waals surface area (Å²) >= 11 is 0. The van der Waals surface area contributed by atoms with E-state index < -0.39 is 7.40 Å². The van der Waals surface area contributed by atoms with E-state index in [-0.39, 0.29) is 0 Å². The highest BCUT2D eigenvalue weighted by molar-refractivity contribution is 6.41. The fourth-order valence-electron chi connectivity index (χ4n) is 4.24. The highest BCUT2D eigenvalue weighted by atomic mass is 19.2. The van der Waals surface area contributed by atoms with Gasteiger partial charge in [0.15, 0.2) is 0 Å². The molecule has 2 aromatic rings. The molecule has 0 saturated heterocycles. The standard InChI is InChI=1S/C22H25BF2N2/c1-12-8-13(2)19(14(3)9-12)20(21-15(4)10-17(6)26-21)22-16(5)11-18(7)27(22)23(24)25/h8-11H,1-7H3/b21-20-. The van der Waals surface area contributed by atoms with Gasteiger partial charge >= 0.3 is 7.40 Å². The average Bonchev–Trinajstić information content (AvgIpc) is 3.01. The molecule has 27 heavy (non-hydrogen) atoms. The SMILES string of the molecule is CC1=CC(C)=N/C1=C(/c1c(C)cc(C)cc1C)c1c(C)cc(C)n1B(F)F. The number of halogens is 2. The van der Waals surface area contributed by atoms with Crippen LogP contribution in [0.1, 0.15) is 53.1 Å². The van der Waals surface area contributed by atoms with Crippen LogP contribution in [0.4, 0.5) is 8.63 Å². The van der Waals surface area contributed by atoms with Crippen LogP contribution in [-0.4, -0.2) is 17.6 Å². The molecule has 0 atom stereocenters. The molecule has 0 aliphatic carbocycles. The smallest absolute Gasteiger partial charge is 0.329 e. The van der Waals surface area contributed by atoms with Crippen molar-refractivity contribution >= 4 is 18.7 Å². The van der Waals surface area contributed by atoms with Gasteiger partial charge in [0.1, 0.15) is 0 Å². The summed E-state index contributed by atoms with van der Waals surface area (Å²) in [6.45, 7) is 13.7. The van der Waals surface area contributed by atoms with Crippen LogP contribution >= 0.6 is 0 Å². The third-order valence-corrected chi connectivity index (χ3v) is 5.10. The Kier molecular flexibility index (Phi) is 4.98. The molecule has 140 valence electrons. The lowest BCUT2D eigenvalue weighted by molar-refractivity contribution is 0.624. The maximum Gasteiger partial charge on any atom is 0.677 e. The molecule has 0 spiro atoms. The summed E-state index contributed by atoms with van der Waals surface area (Å²) < 4.78 is 29.1. The van der Waals surface area contributed by atoms with Gasteiger partial charge in [0, 0.05) is 22.7 Å². The number of aromatic nitrogens is 1. The zero-order chi connectivity index (χ0) is 20.0. The molecule has 2 nitrogen and oxygen atoms in total. The summed E-state index contributed by atoms with van der Waals surface area (Å²) in [6, 6.07) is 6.03. The van der Waals surface area contributed by atoms with Crippen LogP contribution in [0.15, 0.2) is 40.5 Å². The molecular weight excluding hydrogens is 341 g/mol. The zero-order valence-corrected chi connectivity index (χ0v) is 17.0. The molecule has 0 amide bonds. The summed E-state index contributed by atoms with van der Waals surface area (Å²) in [7, 11) is -2.61. The van der Waals surface area contributed by atoms with Crippen LogP contribution in [0.2, 0.25) is 0 Å². The van der Waals surface area contributed by atoms with E-state index in [9.17, 15) is 8.63 Å². The van der Waals surface area contributed by atoms with Gasteiger partial charge in [-0.15, -0.1) is 0 Å². The maximum absolute atomic E-state index is 14.0. The van der Waals surface area contributed by atoms with Crippen LogP contribution in [0, 0.1) is 34.6 Å². The lowest BCUT2D eigenvalue weighted by Gasteiger charge is -2.20. The van der Waals surface area contributed by atoms with Gasteiger partial charge in [0.2, 0.25) is 0 Å². The van der Waals surface area contributed by atoms with Crippen LogP contribution in [0.25, 0.3) is 5.57 Å². The van der Waals surface area contributed by atoms with Gasteiger partial charge in [-0.3, -0.25) is 13.6 Å². The van der Waals surface area contributed by atoms with E-state index in [1.165, 1.54) is 0 Å². The second-order valence-electron chi connectivity index (χ2n) is 7.54. The molecule has 0 bridgehead atoms. The van der Waals surface area contributed by atoms with Crippen LogP contribution in [0.5, 0.6) is 0 Å². The monoisotopic (exact) mass is 366 g/mol. The lowest BCUT2D eigenvalue weighted by Crippen LogP contribution is -2.19. The van der Waals surface area contributed by atoms with E-state index in [1.54, 1.807) is 6.92 Å². The summed E-state index contributed by atoms with van der Waals surface area (Å²) in [5, 5.41) is 0. The van der Waals surface area contributed by atoms with Gasteiger partial charge in [0.25, 0.3) is 0 Å². The van der Waals surface area contributed by atoms with Gasteiger partial charge < -0.3 is 4.48 Å². The number of hydrogen-bond acceptors (Lipinski definition) is 1. The number of hydrogen-bond donors (Lipinski definition) is 0. The lowest BCUT2D eigenvalue weighted by atomic mass is 9.88. The third kappa shape index (κ3) is 3.31. The number of nitrogens with zero attached hydrogens (tertiary/aromatic N) is 2. The molecule has 5 heteroatoms. The molecule has 0 saturated carbocycles. The predicted octanol–water partition coefficient (Wildman–Crippen LogP) is 5.98. The maximum atomic E-state index is 14.0. The van der Waals surface area contributed by atoms with Crippen molar-refractivity contribution in [2.24, 2.45) is 4.99 Å². The van der Waals surface area contributed by atoms with E-state index in [0.717, 1.165) is 54.9 Å². The minimum absolute atomic E-state index is 0.554. The van der Waals surface area contributed by atoms with E-state index in [2.05, 4.69) is 19.1 Å². The minimum Gasteiger partial charge on any atom is -0.329 e. The molecule has 3 rings (SSSR count). The fourth-order valence-corrected chi connectivity index (χ4v) is 4.24. The first kappa shape index (κ1) is 19.3. The van der Waals surface area contributed by atoms with Gasteiger partial charge in [-0.1, -0.05) is 17.7 Å². The molecule has 1 aromatic carbocycles. The Morgan fingerprint density at radius 3 is 1.96 bits per heavy atom. The Hall–Kier alpha value is -2.43. The van der Waals surface area contributed by atoms with E-state index in [4.69, 9.17) is 4.99 Å². The first-order valence-corrected chi connectivity index (χ1v) is 9.15. The summed E-state index contributed by atoms with van der Waals surface area (Å²) in [5.74, 6) is 0. The summed E-state index contributed by atoms with van der Waals surface area (Å²) in [6.07, 6.45) is 2.01. The first-order valence-electron chi connectivity index (χ1n) is 9.15. The molecule has 1 aromatic heterocycles. The van der Waals surface area contributed by atoms with Crippen molar-refractivity contribution in [3.05, 3.63) is 74.8 Å². The number of aryl methyl sites for hydroxylation is 5. The molecular formula is C22H25BF2N2. The summed E-state index contributed by atoms with van der Waals surface area (Å²) in [4.78, 5) is 4.72. The second kappa shape index (κ2) is 6.95. The second-order valence-corrected chi connectivity index (χ2v) is 7.54. The van der Waals surface area contributed by atoms with E-state index in [1.807, 2.05) is 46.8 Å². The van der Waals surface area contributed by atoms with Crippen LogP contribution in [-0.2, 0) is 0 Å². The van der Waals surface area contributed by atoms with Gasteiger partial charge in [-0.25, -0.2) is 0 Å². The van der Waals surface area contributed by atoms with Crippen molar-refractivity contribution in [2.75, 3.05) is 0 Å². The van der Waals surface area contributed by atoms with E-state index >= 15 is 0 Å². The van der Waals surface area contributed by atoms with E-state index in [0.29, 0.717) is 11.4 Å². The fraction of sp³-hybridized carbons (Fsp3) is 0.318. The molecule has 1 aliphatic heterocycles. The van der Waals surface area contributed by atoms with Crippen molar-refractivity contribution in [3.8, 4) is 0 Å². The third-order valence-electron chi connectivity index (χ3n) is 5.10. The van der Waals surface area contributed by atoms with Crippen molar-refractivity contribution < 1.29 is 8.63 Å². The largest absolute Gasteiger partial charge is 0.677 e. The topological polar surface area (TPSA) is 17.3 Å². The Morgan fingerprint density at radius 2 is 1.48 bits per heavy atom. The molecule has 0 radical (unpaired) electrons. The van der Waals surface area contributed by atoms with Crippen molar-refractivity contribution in [1.82, 2.24) is 4.48 Å². The predicted molar refractivity (Wildman–Crippen MR) is 111 cm³/mol. The van der Waals surface area contributed by atoms with Crippen LogP contribution in [0.3, 0.4) is 0 Å². The number of aliphatic imine (C=N–C) groups is 1. The minimum atomic E-state index is -2.61. The Morgan fingerprint density at radius 1 is 0.889 bits per heavy atom. The highest BCUT2D eigenvalue weighted by Crippen LogP contribution is 2.39. The molecule has 1 aliphatic rings. The normalized spacial score (nSPS) is 15.7. The number of rotatable bonds is 3.